The number of benzene rings is 3. The molecule has 7 nitrogen and oxygen atoms in total. The predicted octanol–water partition coefficient (Wildman–Crippen LogP) is 5.98. The molecule has 1 saturated heterocycles. The second kappa shape index (κ2) is 10.7. The van der Waals surface area contributed by atoms with Crippen LogP contribution in [-0.2, 0) is 20.7 Å². The number of carbonyl (C=O) groups is 3. The minimum absolute atomic E-state index is 0.125. The van der Waals surface area contributed by atoms with Crippen molar-refractivity contribution in [3.8, 4) is 5.75 Å². The van der Waals surface area contributed by atoms with Gasteiger partial charge < -0.3 is 14.6 Å². The number of halogens is 2. The summed E-state index contributed by atoms with van der Waals surface area (Å²) in [5.74, 6) is -2.58. The number of aryl methyl sites for hydroxylation is 1. The number of Topliss-reactive ketones (excluding diaryl/α,β-unsaturated/α-hetero) is 1. The quantitative estimate of drug-likeness (QED) is 0.179. The van der Waals surface area contributed by atoms with E-state index >= 15 is 0 Å². The lowest BCUT2D eigenvalue weighted by Gasteiger charge is -2.26. The summed E-state index contributed by atoms with van der Waals surface area (Å²) in [6.07, 6.45) is 0.796. The average Bonchev–Trinajstić information content (AvgIpc) is 3.17. The van der Waals surface area contributed by atoms with Gasteiger partial charge in [-0.25, -0.2) is 4.79 Å². The van der Waals surface area contributed by atoms with Crippen molar-refractivity contribution in [3.05, 3.63) is 98.5 Å². The van der Waals surface area contributed by atoms with Crippen LogP contribution in [0.1, 0.15) is 40.0 Å². The minimum Gasteiger partial charge on any atom is -0.507 e. The molecule has 1 aliphatic heterocycles. The number of methoxy groups -OCH3 is 2. The maximum absolute atomic E-state index is 13.4. The van der Waals surface area contributed by atoms with Crippen molar-refractivity contribution in [2.75, 3.05) is 19.1 Å². The van der Waals surface area contributed by atoms with Crippen molar-refractivity contribution >= 4 is 52.3 Å². The second-order valence-electron chi connectivity index (χ2n) is 8.28. The van der Waals surface area contributed by atoms with E-state index in [1.165, 1.54) is 37.3 Å². The lowest BCUT2D eigenvalue weighted by atomic mass is 9.94. The molecular formula is C28H23Cl2NO6. The van der Waals surface area contributed by atoms with Crippen LogP contribution in [0.5, 0.6) is 5.75 Å². The van der Waals surface area contributed by atoms with E-state index < -0.39 is 29.5 Å². The molecule has 9 heteroatoms. The molecule has 0 aliphatic carbocycles. The van der Waals surface area contributed by atoms with E-state index in [0.29, 0.717) is 11.3 Å². The molecule has 0 bridgehead atoms. The number of anilines is 1. The van der Waals surface area contributed by atoms with E-state index in [1.54, 1.807) is 30.3 Å². The summed E-state index contributed by atoms with van der Waals surface area (Å²) in [4.78, 5) is 40.2. The average molecular weight is 540 g/mol. The molecule has 1 atom stereocenters. The highest BCUT2D eigenvalue weighted by Gasteiger charge is 2.47. The number of esters is 1. The fraction of sp³-hybridized carbons (Fsp3) is 0.179. The van der Waals surface area contributed by atoms with Gasteiger partial charge in [-0.15, -0.1) is 0 Å². The van der Waals surface area contributed by atoms with Crippen LogP contribution in [-0.4, -0.2) is 37.0 Å². The molecule has 0 radical (unpaired) electrons. The first-order valence-corrected chi connectivity index (χ1v) is 12.1. The van der Waals surface area contributed by atoms with E-state index in [9.17, 15) is 19.5 Å². The van der Waals surface area contributed by atoms with Crippen molar-refractivity contribution in [1.29, 1.82) is 0 Å². The van der Waals surface area contributed by atoms with Gasteiger partial charge in [-0.2, -0.15) is 0 Å². The third kappa shape index (κ3) is 4.80. The summed E-state index contributed by atoms with van der Waals surface area (Å²) < 4.78 is 9.98. The summed E-state index contributed by atoms with van der Waals surface area (Å²) in [5.41, 5.74) is 2.15. The van der Waals surface area contributed by atoms with Crippen LogP contribution in [0.4, 0.5) is 5.69 Å². The van der Waals surface area contributed by atoms with Gasteiger partial charge >= 0.3 is 5.97 Å². The Labute approximate surface area is 223 Å². The lowest BCUT2D eigenvalue weighted by Crippen LogP contribution is -2.29. The van der Waals surface area contributed by atoms with Gasteiger partial charge in [0.25, 0.3) is 11.7 Å². The van der Waals surface area contributed by atoms with Crippen molar-refractivity contribution < 1.29 is 29.0 Å². The SMILES string of the molecule is CCc1ccc(C2/C(=C(\O)c3cc(Cl)c(OC)c(Cl)c3)C(=O)C(=O)N2c2cccc(C(=O)OC)c2)cc1. The lowest BCUT2D eigenvalue weighted by molar-refractivity contribution is -0.132. The Balaban J connectivity index is 1.95. The number of carbonyl (C=O) groups excluding carboxylic acids is 3. The molecule has 0 spiro atoms. The summed E-state index contributed by atoms with van der Waals surface area (Å²) >= 11 is 12.5. The Morgan fingerprint density at radius 1 is 0.973 bits per heavy atom. The number of hydrogen-bond acceptors (Lipinski definition) is 6. The molecule has 3 aromatic rings. The van der Waals surface area contributed by atoms with Crippen LogP contribution >= 0.6 is 23.2 Å². The highest BCUT2D eigenvalue weighted by atomic mass is 35.5. The Morgan fingerprint density at radius 3 is 2.19 bits per heavy atom. The predicted molar refractivity (Wildman–Crippen MR) is 141 cm³/mol. The molecule has 190 valence electrons. The standard InChI is InChI=1S/C28H23Cl2NO6/c1-4-15-8-10-16(11-9-15)23-22(24(32)18-13-20(29)26(36-2)21(30)14-18)25(33)27(34)31(23)19-7-5-6-17(12-19)28(35)37-3/h5-14,23,32H,4H2,1-3H3/b24-22+. The number of hydrogen-bond donors (Lipinski definition) is 1. The van der Waals surface area contributed by atoms with Crippen LogP contribution in [0.2, 0.25) is 10.0 Å². The zero-order chi connectivity index (χ0) is 26.9. The Kier molecular flexibility index (Phi) is 7.57. The largest absolute Gasteiger partial charge is 0.507 e. The van der Waals surface area contributed by atoms with Gasteiger partial charge in [0.05, 0.1) is 41.4 Å². The van der Waals surface area contributed by atoms with E-state index in [0.717, 1.165) is 12.0 Å². The van der Waals surface area contributed by atoms with E-state index in [1.807, 2.05) is 19.1 Å². The van der Waals surface area contributed by atoms with Gasteiger partial charge in [0, 0.05) is 11.3 Å². The molecule has 37 heavy (non-hydrogen) atoms. The normalized spacial score (nSPS) is 16.7. The molecule has 1 fully saturated rings. The summed E-state index contributed by atoms with van der Waals surface area (Å²) in [6, 6.07) is 15.4. The van der Waals surface area contributed by atoms with Gasteiger partial charge in [-0.3, -0.25) is 14.5 Å². The smallest absolute Gasteiger partial charge is 0.337 e. The monoisotopic (exact) mass is 539 g/mol. The maximum Gasteiger partial charge on any atom is 0.337 e. The van der Waals surface area contributed by atoms with E-state index in [4.69, 9.17) is 32.7 Å². The molecule has 1 amide bonds. The molecule has 0 saturated carbocycles. The summed E-state index contributed by atoms with van der Waals surface area (Å²) in [7, 11) is 2.65. The number of amides is 1. The van der Waals surface area contributed by atoms with Crippen molar-refractivity contribution in [2.24, 2.45) is 0 Å². The second-order valence-corrected chi connectivity index (χ2v) is 9.09. The number of ether oxygens (including phenoxy) is 2. The highest BCUT2D eigenvalue weighted by Crippen LogP contribution is 2.44. The van der Waals surface area contributed by atoms with Crippen LogP contribution in [0.25, 0.3) is 5.76 Å². The van der Waals surface area contributed by atoms with Crippen molar-refractivity contribution in [2.45, 2.75) is 19.4 Å². The number of nitrogens with zero attached hydrogens (tertiary/aromatic N) is 1. The van der Waals surface area contributed by atoms with E-state index in [-0.39, 0.29) is 32.5 Å². The van der Waals surface area contributed by atoms with Gasteiger partial charge in [-0.05, 0) is 47.9 Å². The third-order valence-electron chi connectivity index (χ3n) is 6.17. The van der Waals surface area contributed by atoms with Crippen molar-refractivity contribution in [1.82, 2.24) is 0 Å². The first-order valence-electron chi connectivity index (χ1n) is 11.3. The van der Waals surface area contributed by atoms with Crippen molar-refractivity contribution in [3.63, 3.8) is 0 Å². The number of aliphatic hydroxyl groups excluding tert-OH is 1. The first-order chi connectivity index (χ1) is 17.7. The summed E-state index contributed by atoms with van der Waals surface area (Å²) in [6.45, 7) is 2.01. The minimum atomic E-state index is -0.988. The first kappa shape index (κ1) is 26.3. The Morgan fingerprint density at radius 2 is 1.62 bits per heavy atom. The number of ketones is 1. The van der Waals surface area contributed by atoms with Gasteiger partial charge in [0.2, 0.25) is 0 Å². The highest BCUT2D eigenvalue weighted by molar-refractivity contribution is 6.52. The third-order valence-corrected chi connectivity index (χ3v) is 6.73. The van der Waals surface area contributed by atoms with Crippen LogP contribution in [0.15, 0.2) is 66.2 Å². The van der Waals surface area contributed by atoms with Gasteiger partial charge in [0.15, 0.2) is 5.75 Å². The maximum atomic E-state index is 13.4. The molecule has 1 N–H and O–H groups in total. The number of aliphatic hydroxyl groups is 1. The molecule has 1 heterocycles. The van der Waals surface area contributed by atoms with Gasteiger partial charge in [0.1, 0.15) is 5.76 Å². The molecular weight excluding hydrogens is 517 g/mol. The molecule has 1 unspecified atom stereocenters. The fourth-order valence-electron chi connectivity index (χ4n) is 4.30. The van der Waals surface area contributed by atoms with Crippen LogP contribution < -0.4 is 9.64 Å². The molecule has 1 aliphatic rings. The summed E-state index contributed by atoms with van der Waals surface area (Å²) in [5, 5.41) is 11.6. The Hall–Kier alpha value is -3.81. The fourth-order valence-corrected chi connectivity index (χ4v) is 4.94. The molecule has 3 aromatic carbocycles. The van der Waals surface area contributed by atoms with Crippen LogP contribution in [0.3, 0.4) is 0 Å². The zero-order valence-corrected chi connectivity index (χ0v) is 21.8. The topological polar surface area (TPSA) is 93.1 Å². The molecule has 0 aromatic heterocycles. The Bertz CT molecular complexity index is 1410. The van der Waals surface area contributed by atoms with E-state index in [2.05, 4.69) is 0 Å². The van der Waals surface area contributed by atoms with Crippen LogP contribution in [0, 0.1) is 0 Å². The zero-order valence-electron chi connectivity index (χ0n) is 20.2. The van der Waals surface area contributed by atoms with Gasteiger partial charge in [-0.1, -0.05) is 60.5 Å². The number of rotatable bonds is 6. The molecule has 4 rings (SSSR count).